The van der Waals surface area contributed by atoms with Crippen molar-refractivity contribution < 1.29 is 9.59 Å². The first-order valence-electron chi connectivity index (χ1n) is 8.07. The van der Waals surface area contributed by atoms with Crippen LogP contribution in [0.1, 0.15) is 12.5 Å². The molecule has 2 N–H and O–H groups in total. The second-order valence-corrected chi connectivity index (χ2v) is 7.18. The molecule has 0 aliphatic heterocycles. The van der Waals surface area contributed by atoms with Crippen molar-refractivity contribution in [2.45, 2.75) is 13.0 Å². The highest BCUT2D eigenvalue weighted by molar-refractivity contribution is 9.10. The maximum atomic E-state index is 12.4. The number of hydrogen-bond donors (Lipinski definition) is 2. The number of nitriles is 1. The summed E-state index contributed by atoms with van der Waals surface area (Å²) in [6.45, 7) is 1.75. The van der Waals surface area contributed by atoms with Gasteiger partial charge in [0.25, 0.3) is 0 Å². The van der Waals surface area contributed by atoms with E-state index in [4.69, 9.17) is 16.9 Å². The van der Waals surface area contributed by atoms with E-state index in [0.29, 0.717) is 16.9 Å². The van der Waals surface area contributed by atoms with Gasteiger partial charge in [-0.15, -0.1) is 0 Å². The van der Waals surface area contributed by atoms with Gasteiger partial charge in [0.15, 0.2) is 0 Å². The van der Waals surface area contributed by atoms with Gasteiger partial charge in [0, 0.05) is 10.2 Å². The molecule has 1 unspecified atom stereocenters. The van der Waals surface area contributed by atoms with Gasteiger partial charge in [-0.1, -0.05) is 23.7 Å². The summed E-state index contributed by atoms with van der Waals surface area (Å²) in [5, 5.41) is 14.7. The average Bonchev–Trinajstić information content (AvgIpc) is 2.63. The van der Waals surface area contributed by atoms with Crippen LogP contribution in [-0.2, 0) is 9.59 Å². The Hall–Kier alpha value is -2.40. The summed E-state index contributed by atoms with van der Waals surface area (Å²) < 4.78 is 0.782. The first kappa shape index (κ1) is 20.9. The first-order valence-corrected chi connectivity index (χ1v) is 9.24. The average molecular weight is 450 g/mol. The molecule has 0 fully saturated rings. The van der Waals surface area contributed by atoms with E-state index in [1.165, 1.54) is 12.1 Å². The van der Waals surface area contributed by atoms with Gasteiger partial charge in [-0.05, 0) is 60.2 Å². The van der Waals surface area contributed by atoms with Crippen LogP contribution in [0.3, 0.4) is 0 Å². The molecular formula is C19H18BrClN4O2. The number of likely N-dealkylation sites (N-methyl/N-ethyl adjacent to an activating group) is 1. The smallest absolute Gasteiger partial charge is 0.241 e. The largest absolute Gasteiger partial charge is 0.325 e. The molecule has 6 nitrogen and oxygen atoms in total. The zero-order chi connectivity index (χ0) is 20.0. The number of hydrogen-bond acceptors (Lipinski definition) is 4. The maximum Gasteiger partial charge on any atom is 0.241 e. The molecule has 0 heterocycles. The zero-order valence-electron chi connectivity index (χ0n) is 14.8. The molecule has 0 aliphatic carbocycles. The fraction of sp³-hybridized carbons (Fsp3) is 0.211. The normalized spacial score (nSPS) is 11.6. The number of benzene rings is 2. The van der Waals surface area contributed by atoms with E-state index in [1.54, 1.807) is 31.0 Å². The van der Waals surface area contributed by atoms with Crippen molar-refractivity contribution in [3.8, 4) is 6.07 Å². The molecule has 140 valence electrons. The zero-order valence-corrected chi connectivity index (χ0v) is 17.1. The Kier molecular flexibility index (Phi) is 7.36. The van der Waals surface area contributed by atoms with Crippen molar-refractivity contribution in [2.24, 2.45) is 0 Å². The third kappa shape index (κ3) is 5.79. The molecule has 0 spiro atoms. The summed E-state index contributed by atoms with van der Waals surface area (Å²) in [5.41, 5.74) is 1.49. The van der Waals surface area contributed by atoms with Crippen LogP contribution in [-0.4, -0.2) is 36.3 Å². The third-order valence-electron chi connectivity index (χ3n) is 3.94. The van der Waals surface area contributed by atoms with Gasteiger partial charge in [-0.2, -0.15) is 5.26 Å². The van der Waals surface area contributed by atoms with Crippen LogP contribution in [0.15, 0.2) is 46.9 Å². The van der Waals surface area contributed by atoms with Crippen molar-refractivity contribution in [3.63, 3.8) is 0 Å². The fourth-order valence-corrected chi connectivity index (χ4v) is 2.85. The van der Waals surface area contributed by atoms with Gasteiger partial charge in [0.2, 0.25) is 11.8 Å². The van der Waals surface area contributed by atoms with E-state index in [0.717, 1.165) is 4.47 Å². The van der Waals surface area contributed by atoms with Crippen molar-refractivity contribution in [1.82, 2.24) is 4.90 Å². The van der Waals surface area contributed by atoms with Crippen LogP contribution < -0.4 is 10.6 Å². The second-order valence-electron chi connectivity index (χ2n) is 5.91. The molecule has 2 aromatic rings. The molecular weight excluding hydrogens is 432 g/mol. The number of anilines is 2. The lowest BCUT2D eigenvalue weighted by molar-refractivity contribution is -0.122. The molecule has 0 saturated carbocycles. The summed E-state index contributed by atoms with van der Waals surface area (Å²) in [7, 11) is 1.69. The highest BCUT2D eigenvalue weighted by Crippen LogP contribution is 2.22. The number of amides is 2. The lowest BCUT2D eigenvalue weighted by atomic mass is 10.2. The van der Waals surface area contributed by atoms with Gasteiger partial charge in [-0.3, -0.25) is 14.5 Å². The Morgan fingerprint density at radius 3 is 2.59 bits per heavy atom. The lowest BCUT2D eigenvalue weighted by Crippen LogP contribution is -2.43. The van der Waals surface area contributed by atoms with Crippen molar-refractivity contribution >= 4 is 50.7 Å². The molecule has 0 aliphatic rings. The topological polar surface area (TPSA) is 85.2 Å². The summed E-state index contributed by atoms with van der Waals surface area (Å²) in [6.07, 6.45) is 0. The summed E-state index contributed by atoms with van der Waals surface area (Å²) >= 11 is 9.35. The molecule has 2 amide bonds. The van der Waals surface area contributed by atoms with E-state index >= 15 is 0 Å². The Labute approximate surface area is 171 Å². The molecule has 0 saturated heterocycles. The highest BCUT2D eigenvalue weighted by atomic mass is 79.9. The Bertz CT molecular complexity index is 898. The van der Waals surface area contributed by atoms with Gasteiger partial charge in [0.05, 0.1) is 28.9 Å². The third-order valence-corrected chi connectivity index (χ3v) is 4.94. The van der Waals surface area contributed by atoms with E-state index in [-0.39, 0.29) is 23.4 Å². The monoisotopic (exact) mass is 448 g/mol. The van der Waals surface area contributed by atoms with Crippen molar-refractivity contribution in [3.05, 3.63) is 57.5 Å². The predicted octanol–water partition coefficient (Wildman–Crippen LogP) is 3.87. The van der Waals surface area contributed by atoms with Crippen molar-refractivity contribution in [1.29, 1.82) is 5.26 Å². The highest BCUT2D eigenvalue weighted by Gasteiger charge is 2.20. The minimum atomic E-state index is -0.551. The number of carbonyl (C=O) groups excluding carboxylic acids is 2. The van der Waals surface area contributed by atoms with Gasteiger partial charge in [0.1, 0.15) is 6.07 Å². The molecule has 27 heavy (non-hydrogen) atoms. The van der Waals surface area contributed by atoms with Crippen molar-refractivity contribution in [2.75, 3.05) is 24.2 Å². The Morgan fingerprint density at radius 2 is 1.96 bits per heavy atom. The molecule has 0 radical (unpaired) electrons. The number of halogens is 2. The SMILES string of the molecule is CC(C(=O)Nc1ccc(C#N)c(Cl)c1)N(C)CC(=O)Nc1ccccc1Br. The van der Waals surface area contributed by atoms with Crippen LogP contribution in [0.4, 0.5) is 11.4 Å². The molecule has 2 rings (SSSR count). The molecule has 8 heteroatoms. The molecule has 0 aromatic heterocycles. The van der Waals surface area contributed by atoms with E-state index in [1.807, 2.05) is 24.3 Å². The quantitative estimate of drug-likeness (QED) is 0.701. The predicted molar refractivity (Wildman–Crippen MR) is 110 cm³/mol. The molecule has 2 aromatic carbocycles. The summed E-state index contributed by atoms with van der Waals surface area (Å²) in [6, 6.07) is 13.4. The minimum absolute atomic E-state index is 0.0457. The first-order chi connectivity index (χ1) is 12.8. The number of nitrogens with one attached hydrogen (secondary N) is 2. The number of carbonyl (C=O) groups is 2. The summed E-state index contributed by atoms with van der Waals surface area (Å²) in [5.74, 6) is -0.516. The number of rotatable bonds is 6. The van der Waals surface area contributed by atoms with Crippen LogP contribution in [0.5, 0.6) is 0 Å². The van der Waals surface area contributed by atoms with E-state index in [2.05, 4.69) is 26.6 Å². The fourth-order valence-electron chi connectivity index (χ4n) is 2.25. The van der Waals surface area contributed by atoms with Gasteiger partial charge >= 0.3 is 0 Å². The Morgan fingerprint density at radius 1 is 1.26 bits per heavy atom. The number of nitrogens with zero attached hydrogens (tertiary/aromatic N) is 2. The minimum Gasteiger partial charge on any atom is -0.325 e. The second kappa shape index (κ2) is 9.51. The van der Waals surface area contributed by atoms with Crippen LogP contribution >= 0.6 is 27.5 Å². The van der Waals surface area contributed by atoms with E-state index in [9.17, 15) is 9.59 Å². The number of para-hydroxylation sites is 1. The Balaban J connectivity index is 1.93. The van der Waals surface area contributed by atoms with Crippen LogP contribution in [0.25, 0.3) is 0 Å². The maximum absolute atomic E-state index is 12.4. The molecule has 0 bridgehead atoms. The standard InChI is InChI=1S/C19H18BrClN4O2/c1-12(19(27)23-14-8-7-13(10-22)16(21)9-14)25(2)11-18(26)24-17-6-4-3-5-15(17)20/h3-9,12H,11H2,1-2H3,(H,23,27)(H,24,26). The molecule has 1 atom stereocenters. The van der Waals surface area contributed by atoms with Gasteiger partial charge in [-0.25, -0.2) is 0 Å². The van der Waals surface area contributed by atoms with E-state index < -0.39 is 6.04 Å². The summed E-state index contributed by atoms with van der Waals surface area (Å²) in [4.78, 5) is 26.3. The van der Waals surface area contributed by atoms with Crippen LogP contribution in [0.2, 0.25) is 5.02 Å². The van der Waals surface area contributed by atoms with Gasteiger partial charge < -0.3 is 10.6 Å². The van der Waals surface area contributed by atoms with Crippen LogP contribution in [0, 0.1) is 11.3 Å². The lowest BCUT2D eigenvalue weighted by Gasteiger charge is -2.23.